The van der Waals surface area contributed by atoms with E-state index in [2.05, 4.69) is 17.2 Å². The minimum absolute atomic E-state index is 0.240. The van der Waals surface area contributed by atoms with Crippen LogP contribution in [-0.4, -0.2) is 43.0 Å². The molecule has 0 radical (unpaired) electrons. The zero-order chi connectivity index (χ0) is 27.6. The number of hydrogen-bond donors (Lipinski definition) is 2. The van der Waals surface area contributed by atoms with Crippen LogP contribution in [0.5, 0.6) is 0 Å². The summed E-state index contributed by atoms with van der Waals surface area (Å²) in [7, 11) is 3.44. The van der Waals surface area contributed by atoms with Crippen LogP contribution in [0.1, 0.15) is 122 Å². The molecule has 2 aromatic rings. The Bertz CT molecular complexity index is 1010. The Morgan fingerprint density at radius 3 is 2.00 bits per heavy atom. The van der Waals surface area contributed by atoms with Crippen molar-refractivity contribution in [2.45, 2.75) is 135 Å². The summed E-state index contributed by atoms with van der Waals surface area (Å²) in [6.07, 6.45) is 23.2. The van der Waals surface area contributed by atoms with Gasteiger partial charge >= 0.3 is 5.69 Å². The van der Waals surface area contributed by atoms with E-state index in [1.54, 1.807) is 25.0 Å². The predicted octanol–water partition coefficient (Wildman–Crippen LogP) is 5.43. The molecular weight excluding hydrogens is 478 g/mol. The van der Waals surface area contributed by atoms with Crippen LogP contribution in [0.4, 0.5) is 0 Å². The molecule has 2 rings (SSSR count). The van der Waals surface area contributed by atoms with Crippen molar-refractivity contribution in [3.05, 3.63) is 27.2 Å². The molecule has 218 valence electrons. The zero-order valence-electron chi connectivity index (χ0n) is 24.6. The van der Waals surface area contributed by atoms with E-state index in [0.29, 0.717) is 24.3 Å². The lowest BCUT2D eigenvalue weighted by Gasteiger charge is -2.12. The van der Waals surface area contributed by atoms with Crippen LogP contribution in [0.15, 0.2) is 15.9 Å². The highest BCUT2D eigenvalue weighted by molar-refractivity contribution is 5.69. The van der Waals surface area contributed by atoms with Gasteiger partial charge in [-0.2, -0.15) is 0 Å². The Labute approximate surface area is 229 Å². The molecule has 0 aliphatic heterocycles. The molecule has 0 aliphatic rings. The predicted molar refractivity (Wildman–Crippen MR) is 158 cm³/mol. The first-order valence-electron chi connectivity index (χ1n) is 15.5. The number of nitrogens with one attached hydrogen (secondary N) is 1. The first-order chi connectivity index (χ1) is 18.5. The number of rotatable bonds is 23. The van der Waals surface area contributed by atoms with Crippen molar-refractivity contribution in [2.24, 2.45) is 14.1 Å². The fourth-order valence-electron chi connectivity index (χ4n) is 5.24. The topological polar surface area (TPSA) is 94.1 Å². The van der Waals surface area contributed by atoms with E-state index in [1.165, 1.54) is 79.8 Å². The Morgan fingerprint density at radius 1 is 0.816 bits per heavy atom. The highest BCUT2D eigenvalue weighted by Gasteiger charge is 2.14. The van der Waals surface area contributed by atoms with Gasteiger partial charge in [0, 0.05) is 27.2 Å². The summed E-state index contributed by atoms with van der Waals surface area (Å²) in [6.45, 7) is 4.44. The van der Waals surface area contributed by atoms with Gasteiger partial charge in [-0.1, -0.05) is 103 Å². The Kier molecular flexibility index (Phi) is 16.3. The molecule has 38 heavy (non-hydrogen) atoms. The van der Waals surface area contributed by atoms with Crippen molar-refractivity contribution >= 4 is 11.2 Å². The van der Waals surface area contributed by atoms with E-state index < -0.39 is 0 Å². The fraction of sp³-hybridized carbons (Fsp3) is 0.833. The van der Waals surface area contributed by atoms with Crippen molar-refractivity contribution in [3.8, 4) is 0 Å². The van der Waals surface area contributed by atoms with Crippen molar-refractivity contribution in [1.29, 1.82) is 0 Å². The summed E-state index contributed by atoms with van der Waals surface area (Å²) < 4.78 is 4.48. The van der Waals surface area contributed by atoms with E-state index in [-0.39, 0.29) is 17.4 Å². The number of aliphatic hydroxyl groups excluding tert-OH is 1. The standard InChI is InChI=1S/C30H55N5O3/c1-4-5-6-7-8-9-10-13-16-19-22-31-24-26(36)21-18-15-12-11-14-17-20-23-35-29(37)27-28(32-25-33(27)2)34(3)30(35)38/h25-26,31,36H,4-24H2,1-3H3. The Hall–Kier alpha value is -1.93. The normalized spacial score (nSPS) is 12.5. The number of nitrogens with zero attached hydrogens (tertiary/aromatic N) is 4. The number of aryl methyl sites for hydroxylation is 2. The van der Waals surface area contributed by atoms with Crippen molar-refractivity contribution in [2.75, 3.05) is 13.1 Å². The largest absolute Gasteiger partial charge is 0.392 e. The third-order valence-corrected chi connectivity index (χ3v) is 7.71. The molecule has 2 N–H and O–H groups in total. The molecule has 0 saturated carbocycles. The van der Waals surface area contributed by atoms with E-state index in [0.717, 1.165) is 51.5 Å². The number of imidazole rings is 1. The molecule has 0 saturated heterocycles. The molecule has 1 atom stereocenters. The maximum Gasteiger partial charge on any atom is 0.332 e. The summed E-state index contributed by atoms with van der Waals surface area (Å²) in [5, 5.41) is 13.6. The zero-order valence-corrected chi connectivity index (χ0v) is 24.6. The summed E-state index contributed by atoms with van der Waals surface area (Å²) in [6, 6.07) is 0. The Balaban J connectivity index is 1.41. The molecular formula is C30H55N5O3. The van der Waals surface area contributed by atoms with Gasteiger partial charge in [0.15, 0.2) is 11.2 Å². The van der Waals surface area contributed by atoms with Crippen LogP contribution in [0.3, 0.4) is 0 Å². The Morgan fingerprint density at radius 2 is 1.37 bits per heavy atom. The maximum absolute atomic E-state index is 12.7. The van der Waals surface area contributed by atoms with Crippen molar-refractivity contribution in [1.82, 2.24) is 24.0 Å². The molecule has 1 unspecified atom stereocenters. The summed E-state index contributed by atoms with van der Waals surface area (Å²) >= 11 is 0. The molecule has 0 spiro atoms. The van der Waals surface area contributed by atoms with Crippen LogP contribution in [-0.2, 0) is 20.6 Å². The number of hydrogen-bond acceptors (Lipinski definition) is 5. The summed E-state index contributed by atoms with van der Waals surface area (Å²) in [4.78, 5) is 29.4. The molecule has 0 fully saturated rings. The van der Waals surface area contributed by atoms with Crippen molar-refractivity contribution in [3.63, 3.8) is 0 Å². The molecule has 8 nitrogen and oxygen atoms in total. The summed E-state index contributed by atoms with van der Waals surface area (Å²) in [5.41, 5.74) is 0.370. The fourth-order valence-corrected chi connectivity index (χ4v) is 5.24. The van der Waals surface area contributed by atoms with Crippen LogP contribution >= 0.6 is 0 Å². The van der Waals surface area contributed by atoms with Gasteiger partial charge in [0.2, 0.25) is 0 Å². The van der Waals surface area contributed by atoms with Gasteiger partial charge < -0.3 is 15.0 Å². The lowest BCUT2D eigenvalue weighted by molar-refractivity contribution is 0.158. The van der Waals surface area contributed by atoms with E-state index in [4.69, 9.17) is 0 Å². The molecule has 0 bridgehead atoms. The van der Waals surface area contributed by atoms with Gasteiger partial charge in [-0.15, -0.1) is 0 Å². The highest BCUT2D eigenvalue weighted by atomic mass is 16.3. The van der Waals surface area contributed by atoms with E-state index in [9.17, 15) is 14.7 Å². The molecule has 0 aromatic carbocycles. The number of fused-ring (bicyclic) bond motifs is 1. The van der Waals surface area contributed by atoms with E-state index in [1.807, 2.05) is 0 Å². The lowest BCUT2D eigenvalue weighted by atomic mass is 10.1. The maximum atomic E-state index is 12.7. The number of unbranched alkanes of at least 4 members (excludes halogenated alkanes) is 15. The second-order valence-electron chi connectivity index (χ2n) is 11.1. The van der Waals surface area contributed by atoms with Gasteiger partial charge in [-0.05, 0) is 25.8 Å². The molecule has 8 heteroatoms. The van der Waals surface area contributed by atoms with Gasteiger partial charge in [0.1, 0.15) is 0 Å². The van der Waals surface area contributed by atoms with Gasteiger partial charge in [-0.25, -0.2) is 9.78 Å². The highest BCUT2D eigenvalue weighted by Crippen LogP contribution is 2.12. The van der Waals surface area contributed by atoms with Crippen molar-refractivity contribution < 1.29 is 5.11 Å². The molecule has 0 aliphatic carbocycles. The van der Waals surface area contributed by atoms with Crippen LogP contribution in [0.25, 0.3) is 11.2 Å². The molecule has 2 heterocycles. The second kappa shape index (κ2) is 19.2. The number of aliphatic hydroxyl groups is 1. The van der Waals surface area contributed by atoms with E-state index >= 15 is 0 Å². The second-order valence-corrected chi connectivity index (χ2v) is 11.1. The van der Waals surface area contributed by atoms with Gasteiger partial charge in [0.05, 0.1) is 12.4 Å². The minimum atomic E-state index is -0.294. The third kappa shape index (κ3) is 11.4. The first-order valence-corrected chi connectivity index (χ1v) is 15.5. The lowest BCUT2D eigenvalue weighted by Crippen LogP contribution is -2.39. The first kappa shape index (κ1) is 32.3. The number of aromatic nitrogens is 4. The van der Waals surface area contributed by atoms with Crippen LogP contribution in [0, 0.1) is 0 Å². The molecule has 0 amide bonds. The average Bonchev–Trinajstić information content (AvgIpc) is 3.30. The monoisotopic (exact) mass is 533 g/mol. The minimum Gasteiger partial charge on any atom is -0.392 e. The van der Waals surface area contributed by atoms with Gasteiger partial charge in [-0.3, -0.25) is 13.9 Å². The quantitative estimate of drug-likeness (QED) is 0.186. The smallest absolute Gasteiger partial charge is 0.332 e. The average molecular weight is 534 g/mol. The van der Waals surface area contributed by atoms with Crippen LogP contribution in [0.2, 0.25) is 0 Å². The SMILES string of the molecule is CCCCCCCCCCCCNCC(O)CCCCCCCCCn1c(=O)c2c(ncn2C)n(C)c1=O. The summed E-state index contributed by atoms with van der Waals surface area (Å²) in [5.74, 6) is 0. The van der Waals surface area contributed by atoms with Crippen LogP contribution < -0.4 is 16.6 Å². The molecule has 2 aromatic heterocycles. The van der Waals surface area contributed by atoms with Gasteiger partial charge in [0.25, 0.3) is 5.56 Å². The third-order valence-electron chi connectivity index (χ3n) is 7.71.